The van der Waals surface area contributed by atoms with Gasteiger partial charge < -0.3 is 15.0 Å². The molecule has 0 radical (unpaired) electrons. The van der Waals surface area contributed by atoms with Gasteiger partial charge >= 0.3 is 6.18 Å². The van der Waals surface area contributed by atoms with Crippen molar-refractivity contribution in [1.82, 2.24) is 10.2 Å². The van der Waals surface area contributed by atoms with Crippen molar-refractivity contribution < 1.29 is 27.5 Å². The Labute approximate surface area is 126 Å². The maximum absolute atomic E-state index is 12.0. The summed E-state index contributed by atoms with van der Waals surface area (Å²) < 4.78 is 41.3. The lowest BCUT2D eigenvalue weighted by atomic mass is 10.3. The molecule has 1 aromatic rings. The summed E-state index contributed by atoms with van der Waals surface area (Å²) in [4.78, 5) is 23.9. The fourth-order valence-electron chi connectivity index (χ4n) is 1.44. The van der Waals surface area contributed by atoms with E-state index in [4.69, 9.17) is 4.74 Å². The molecule has 0 aliphatic rings. The number of benzene rings is 1. The molecule has 0 aliphatic carbocycles. The van der Waals surface area contributed by atoms with E-state index in [1.807, 2.05) is 0 Å². The van der Waals surface area contributed by atoms with E-state index in [-0.39, 0.29) is 13.2 Å². The normalized spacial score (nSPS) is 10.9. The SMILES string of the molecule is CN(CCC(F)(F)F)C(=O)CNC(=O)COc1ccccc1. The number of likely N-dealkylation sites (N-methyl/N-ethyl adjacent to an activating group) is 1. The van der Waals surface area contributed by atoms with E-state index >= 15 is 0 Å². The van der Waals surface area contributed by atoms with Crippen LogP contribution in [0.25, 0.3) is 0 Å². The molecule has 0 bridgehead atoms. The molecule has 122 valence electrons. The van der Waals surface area contributed by atoms with Crippen LogP contribution in [0.4, 0.5) is 13.2 Å². The van der Waals surface area contributed by atoms with Crippen LogP contribution in [0.15, 0.2) is 30.3 Å². The number of rotatable bonds is 7. The van der Waals surface area contributed by atoms with Gasteiger partial charge in [-0.1, -0.05) is 18.2 Å². The molecule has 8 heteroatoms. The average Bonchev–Trinajstić information content (AvgIpc) is 2.48. The quantitative estimate of drug-likeness (QED) is 0.831. The molecule has 1 rings (SSSR count). The highest BCUT2D eigenvalue weighted by Gasteiger charge is 2.28. The zero-order valence-corrected chi connectivity index (χ0v) is 12.0. The minimum Gasteiger partial charge on any atom is -0.484 e. The number of nitrogens with one attached hydrogen (secondary N) is 1. The topological polar surface area (TPSA) is 58.6 Å². The van der Waals surface area contributed by atoms with Crippen LogP contribution in [0.3, 0.4) is 0 Å². The first-order valence-electron chi connectivity index (χ1n) is 6.53. The summed E-state index contributed by atoms with van der Waals surface area (Å²) in [7, 11) is 1.25. The minimum atomic E-state index is -4.32. The summed E-state index contributed by atoms with van der Waals surface area (Å²) in [6.07, 6.45) is -5.40. The Balaban J connectivity index is 2.24. The summed E-state index contributed by atoms with van der Waals surface area (Å²) in [6, 6.07) is 8.62. The van der Waals surface area contributed by atoms with Crippen molar-refractivity contribution >= 4 is 11.8 Å². The molecule has 0 fully saturated rings. The molecule has 0 saturated carbocycles. The zero-order valence-electron chi connectivity index (χ0n) is 12.0. The summed E-state index contributed by atoms with van der Waals surface area (Å²) in [5, 5.41) is 2.29. The van der Waals surface area contributed by atoms with Crippen LogP contribution in [-0.2, 0) is 9.59 Å². The largest absolute Gasteiger partial charge is 0.484 e. The van der Waals surface area contributed by atoms with Crippen molar-refractivity contribution in [2.24, 2.45) is 0 Å². The second-order valence-electron chi connectivity index (χ2n) is 4.56. The third-order valence-electron chi connectivity index (χ3n) is 2.71. The first kappa shape index (κ1) is 17.8. The van der Waals surface area contributed by atoms with Gasteiger partial charge in [-0.15, -0.1) is 0 Å². The van der Waals surface area contributed by atoms with E-state index in [1.165, 1.54) is 7.05 Å². The van der Waals surface area contributed by atoms with Gasteiger partial charge in [-0.3, -0.25) is 9.59 Å². The van der Waals surface area contributed by atoms with Gasteiger partial charge in [0, 0.05) is 13.6 Å². The molecule has 1 aromatic carbocycles. The number of halogens is 3. The summed E-state index contributed by atoms with van der Waals surface area (Å²) in [5.41, 5.74) is 0. The van der Waals surface area contributed by atoms with Crippen LogP contribution < -0.4 is 10.1 Å². The van der Waals surface area contributed by atoms with E-state index in [1.54, 1.807) is 30.3 Å². The van der Waals surface area contributed by atoms with Gasteiger partial charge in [0.25, 0.3) is 5.91 Å². The number of nitrogens with zero attached hydrogens (tertiary/aromatic N) is 1. The molecule has 22 heavy (non-hydrogen) atoms. The van der Waals surface area contributed by atoms with Gasteiger partial charge in [0.15, 0.2) is 6.61 Å². The number of hydrogen-bond acceptors (Lipinski definition) is 3. The number of alkyl halides is 3. The van der Waals surface area contributed by atoms with Crippen molar-refractivity contribution in [2.45, 2.75) is 12.6 Å². The van der Waals surface area contributed by atoms with E-state index in [0.717, 1.165) is 4.90 Å². The highest BCUT2D eigenvalue weighted by Crippen LogP contribution is 2.19. The monoisotopic (exact) mass is 318 g/mol. The molecule has 2 amide bonds. The number of para-hydroxylation sites is 1. The molecule has 0 saturated heterocycles. The fourth-order valence-corrected chi connectivity index (χ4v) is 1.44. The third-order valence-corrected chi connectivity index (χ3v) is 2.71. The smallest absolute Gasteiger partial charge is 0.390 e. The van der Waals surface area contributed by atoms with E-state index < -0.39 is 31.0 Å². The van der Waals surface area contributed by atoms with Crippen LogP contribution in [0.2, 0.25) is 0 Å². The van der Waals surface area contributed by atoms with Gasteiger partial charge in [0.1, 0.15) is 5.75 Å². The van der Waals surface area contributed by atoms with E-state index in [2.05, 4.69) is 5.32 Å². The second kappa shape index (κ2) is 8.26. The summed E-state index contributed by atoms with van der Waals surface area (Å²) in [6.45, 7) is -1.09. The molecule has 0 heterocycles. The number of ether oxygens (including phenoxy) is 1. The molecular formula is C14H17F3N2O3. The van der Waals surface area contributed by atoms with E-state index in [0.29, 0.717) is 5.75 Å². The molecule has 0 atom stereocenters. The van der Waals surface area contributed by atoms with Gasteiger partial charge in [-0.2, -0.15) is 13.2 Å². The van der Waals surface area contributed by atoms with Crippen molar-refractivity contribution in [3.05, 3.63) is 30.3 Å². The van der Waals surface area contributed by atoms with Crippen LogP contribution in [-0.4, -0.2) is 49.6 Å². The maximum atomic E-state index is 12.0. The Morgan fingerprint density at radius 1 is 1.23 bits per heavy atom. The predicted molar refractivity (Wildman–Crippen MR) is 73.3 cm³/mol. The van der Waals surface area contributed by atoms with Crippen LogP contribution in [0.5, 0.6) is 5.75 Å². The predicted octanol–water partition coefficient (Wildman–Crippen LogP) is 1.59. The van der Waals surface area contributed by atoms with Gasteiger partial charge in [0.2, 0.25) is 5.91 Å². The number of carbonyl (C=O) groups is 2. The number of hydrogen-bond donors (Lipinski definition) is 1. The van der Waals surface area contributed by atoms with Crippen LogP contribution >= 0.6 is 0 Å². The van der Waals surface area contributed by atoms with Gasteiger partial charge in [-0.05, 0) is 12.1 Å². The van der Waals surface area contributed by atoms with Crippen LogP contribution in [0.1, 0.15) is 6.42 Å². The Hall–Kier alpha value is -2.25. The first-order valence-corrected chi connectivity index (χ1v) is 6.53. The van der Waals surface area contributed by atoms with Crippen LogP contribution in [0, 0.1) is 0 Å². The first-order chi connectivity index (χ1) is 10.3. The molecule has 0 spiro atoms. The van der Waals surface area contributed by atoms with Crippen molar-refractivity contribution in [2.75, 3.05) is 26.7 Å². The Kier molecular flexibility index (Phi) is 6.68. The number of carbonyl (C=O) groups excluding carboxylic acids is 2. The van der Waals surface area contributed by atoms with Crippen molar-refractivity contribution in [3.63, 3.8) is 0 Å². The third kappa shape index (κ3) is 7.51. The molecule has 0 unspecified atom stereocenters. The van der Waals surface area contributed by atoms with Crippen molar-refractivity contribution in [3.8, 4) is 5.75 Å². The Bertz CT molecular complexity index is 492. The average molecular weight is 318 g/mol. The van der Waals surface area contributed by atoms with Gasteiger partial charge in [0.05, 0.1) is 13.0 Å². The Morgan fingerprint density at radius 3 is 2.45 bits per heavy atom. The zero-order chi connectivity index (χ0) is 16.6. The second-order valence-corrected chi connectivity index (χ2v) is 4.56. The lowest BCUT2D eigenvalue weighted by Gasteiger charge is -2.18. The fraction of sp³-hybridized carbons (Fsp3) is 0.429. The molecule has 1 N–H and O–H groups in total. The molecular weight excluding hydrogens is 301 g/mol. The maximum Gasteiger partial charge on any atom is 0.390 e. The molecule has 5 nitrogen and oxygen atoms in total. The lowest BCUT2D eigenvalue weighted by molar-refractivity contribution is -0.144. The highest BCUT2D eigenvalue weighted by molar-refractivity contribution is 5.85. The standard InChI is InChI=1S/C14H17F3N2O3/c1-19(8-7-14(15,16)17)13(21)9-18-12(20)10-22-11-5-3-2-4-6-11/h2-6H,7-10H2,1H3,(H,18,20). The van der Waals surface area contributed by atoms with Crippen molar-refractivity contribution in [1.29, 1.82) is 0 Å². The summed E-state index contributed by atoms with van der Waals surface area (Å²) >= 11 is 0. The van der Waals surface area contributed by atoms with Gasteiger partial charge in [-0.25, -0.2) is 0 Å². The Morgan fingerprint density at radius 2 is 1.86 bits per heavy atom. The molecule has 0 aromatic heterocycles. The molecule has 0 aliphatic heterocycles. The van der Waals surface area contributed by atoms with E-state index in [9.17, 15) is 22.8 Å². The minimum absolute atomic E-state index is 0.274. The highest BCUT2D eigenvalue weighted by atomic mass is 19.4. The summed E-state index contributed by atoms with van der Waals surface area (Å²) in [5.74, 6) is -0.620. The lowest BCUT2D eigenvalue weighted by Crippen LogP contribution is -2.40. The number of amides is 2.